The van der Waals surface area contributed by atoms with Gasteiger partial charge in [-0.15, -0.1) is 0 Å². The largest absolute Gasteiger partial charge is 0.495 e. The molecular formula is C15H16ClN3O2. The zero-order valence-electron chi connectivity index (χ0n) is 11.9. The summed E-state index contributed by atoms with van der Waals surface area (Å²) in [6.45, 7) is 1.87. The molecule has 110 valence electrons. The lowest BCUT2D eigenvalue weighted by atomic mass is 10.1. The quantitative estimate of drug-likeness (QED) is 0.922. The predicted molar refractivity (Wildman–Crippen MR) is 81.7 cm³/mol. The summed E-state index contributed by atoms with van der Waals surface area (Å²) < 4.78 is 5.23. The number of aryl methyl sites for hydroxylation is 2. The first kappa shape index (κ1) is 15.3. The minimum atomic E-state index is -0.0983. The Morgan fingerprint density at radius 2 is 2.05 bits per heavy atom. The van der Waals surface area contributed by atoms with Gasteiger partial charge in [0.1, 0.15) is 12.1 Å². The highest BCUT2D eigenvalue weighted by molar-refractivity contribution is 6.31. The molecule has 1 aromatic heterocycles. The van der Waals surface area contributed by atoms with Crippen LogP contribution in [0.2, 0.25) is 5.02 Å². The van der Waals surface area contributed by atoms with Gasteiger partial charge in [-0.1, -0.05) is 11.6 Å². The molecule has 0 saturated carbocycles. The maximum atomic E-state index is 12.0. The molecule has 6 heteroatoms. The molecule has 21 heavy (non-hydrogen) atoms. The molecule has 0 fully saturated rings. The fraction of sp³-hybridized carbons (Fsp3) is 0.267. The lowest BCUT2D eigenvalue weighted by Gasteiger charge is -2.12. The van der Waals surface area contributed by atoms with E-state index in [-0.39, 0.29) is 5.91 Å². The van der Waals surface area contributed by atoms with E-state index in [1.165, 1.54) is 13.4 Å². The van der Waals surface area contributed by atoms with Crippen molar-refractivity contribution in [3.8, 4) is 5.75 Å². The van der Waals surface area contributed by atoms with Crippen LogP contribution in [-0.4, -0.2) is 23.0 Å². The van der Waals surface area contributed by atoms with Gasteiger partial charge in [0, 0.05) is 29.9 Å². The number of benzene rings is 1. The van der Waals surface area contributed by atoms with Crippen molar-refractivity contribution >= 4 is 23.2 Å². The van der Waals surface area contributed by atoms with E-state index in [1.54, 1.807) is 24.5 Å². The Kier molecular flexibility index (Phi) is 5.11. The highest BCUT2D eigenvalue weighted by atomic mass is 35.5. The Balaban J connectivity index is 2.01. The number of nitrogens with one attached hydrogen (secondary N) is 1. The zero-order chi connectivity index (χ0) is 15.2. The first-order chi connectivity index (χ1) is 10.1. The van der Waals surface area contributed by atoms with Gasteiger partial charge >= 0.3 is 0 Å². The number of carbonyl (C=O) groups is 1. The Morgan fingerprint density at radius 3 is 2.71 bits per heavy atom. The molecule has 0 atom stereocenters. The Bertz CT molecular complexity index is 632. The van der Waals surface area contributed by atoms with Crippen molar-refractivity contribution in [2.45, 2.75) is 19.8 Å². The number of amides is 1. The molecule has 0 bridgehead atoms. The summed E-state index contributed by atoms with van der Waals surface area (Å²) in [4.78, 5) is 19.8. The maximum Gasteiger partial charge on any atom is 0.224 e. The summed E-state index contributed by atoms with van der Waals surface area (Å²) in [5.41, 5.74) is 2.42. The van der Waals surface area contributed by atoms with Crippen LogP contribution in [0.15, 0.2) is 30.9 Å². The molecule has 0 radical (unpaired) electrons. The molecule has 0 unspecified atom stereocenters. The van der Waals surface area contributed by atoms with Crippen LogP contribution in [0.4, 0.5) is 5.69 Å². The molecule has 2 aromatic rings. The second-order valence-electron chi connectivity index (χ2n) is 4.60. The van der Waals surface area contributed by atoms with Gasteiger partial charge in [-0.25, -0.2) is 9.97 Å². The third-order valence-corrected chi connectivity index (χ3v) is 3.42. The lowest BCUT2D eigenvalue weighted by Crippen LogP contribution is -2.13. The second-order valence-corrected chi connectivity index (χ2v) is 5.00. The van der Waals surface area contributed by atoms with Crippen LogP contribution >= 0.6 is 11.6 Å². The number of nitrogens with zero attached hydrogens (tertiary/aromatic N) is 2. The maximum absolute atomic E-state index is 12.0. The predicted octanol–water partition coefficient (Wildman–Crippen LogP) is 3.02. The average Bonchev–Trinajstić information content (AvgIpc) is 2.49. The average molecular weight is 306 g/mol. The molecule has 1 N–H and O–H groups in total. The summed E-state index contributed by atoms with van der Waals surface area (Å²) in [5.74, 6) is 0.445. The Hall–Kier alpha value is -2.14. The minimum Gasteiger partial charge on any atom is -0.495 e. The Labute approximate surface area is 128 Å². The topological polar surface area (TPSA) is 64.1 Å². The van der Waals surface area contributed by atoms with Gasteiger partial charge in [0.25, 0.3) is 0 Å². The van der Waals surface area contributed by atoms with E-state index in [0.29, 0.717) is 29.3 Å². The van der Waals surface area contributed by atoms with Crippen molar-refractivity contribution in [3.05, 3.63) is 47.0 Å². The molecular weight excluding hydrogens is 290 g/mol. The van der Waals surface area contributed by atoms with Gasteiger partial charge in [0.05, 0.1) is 12.8 Å². The number of anilines is 1. The van der Waals surface area contributed by atoms with Crippen LogP contribution in [0, 0.1) is 6.92 Å². The highest BCUT2D eigenvalue weighted by Gasteiger charge is 2.10. The first-order valence-electron chi connectivity index (χ1n) is 6.48. The number of halogens is 1. The molecule has 1 heterocycles. The van der Waals surface area contributed by atoms with Crippen molar-refractivity contribution in [1.82, 2.24) is 9.97 Å². The number of hydrogen-bond donors (Lipinski definition) is 1. The number of aromatic nitrogens is 2. The molecule has 0 saturated heterocycles. The van der Waals surface area contributed by atoms with Crippen molar-refractivity contribution in [3.63, 3.8) is 0 Å². The number of hydrogen-bond acceptors (Lipinski definition) is 4. The number of ether oxygens (including phenoxy) is 1. The summed E-state index contributed by atoms with van der Waals surface area (Å²) in [6, 6.07) is 3.49. The van der Waals surface area contributed by atoms with Gasteiger partial charge in [-0.2, -0.15) is 0 Å². The molecule has 5 nitrogen and oxygen atoms in total. The summed E-state index contributed by atoms with van der Waals surface area (Å²) in [6.07, 6.45) is 5.80. The molecule has 1 amide bonds. The van der Waals surface area contributed by atoms with E-state index < -0.39 is 0 Å². The van der Waals surface area contributed by atoms with Crippen LogP contribution in [0.3, 0.4) is 0 Å². The number of carbonyl (C=O) groups excluding carboxylic acids is 1. The summed E-state index contributed by atoms with van der Waals surface area (Å²) >= 11 is 6.04. The van der Waals surface area contributed by atoms with Crippen molar-refractivity contribution in [1.29, 1.82) is 0 Å². The Morgan fingerprint density at radius 1 is 1.33 bits per heavy atom. The van der Waals surface area contributed by atoms with Gasteiger partial charge in [0.15, 0.2) is 0 Å². The lowest BCUT2D eigenvalue weighted by molar-refractivity contribution is -0.116. The molecule has 1 aromatic carbocycles. The molecule has 0 aliphatic heterocycles. The van der Waals surface area contributed by atoms with E-state index in [2.05, 4.69) is 15.3 Å². The van der Waals surface area contributed by atoms with Gasteiger partial charge in [0.2, 0.25) is 5.91 Å². The smallest absolute Gasteiger partial charge is 0.224 e. The van der Waals surface area contributed by atoms with E-state index in [9.17, 15) is 4.79 Å². The van der Waals surface area contributed by atoms with Gasteiger partial charge in [-0.05, 0) is 30.5 Å². The van der Waals surface area contributed by atoms with Crippen molar-refractivity contribution in [2.75, 3.05) is 12.4 Å². The van der Waals surface area contributed by atoms with Crippen molar-refractivity contribution < 1.29 is 9.53 Å². The van der Waals surface area contributed by atoms with E-state index in [0.717, 1.165) is 11.1 Å². The van der Waals surface area contributed by atoms with Crippen LogP contribution in [0.25, 0.3) is 0 Å². The first-order valence-corrected chi connectivity index (χ1v) is 6.86. The monoisotopic (exact) mass is 305 g/mol. The SMILES string of the molecule is COc1cc(Cl)c(C)cc1NC(=O)CCc1cncnc1. The number of methoxy groups -OCH3 is 1. The number of rotatable bonds is 5. The minimum absolute atomic E-state index is 0.0983. The standard InChI is InChI=1S/C15H16ClN3O2/c1-10-5-13(14(21-2)6-12(10)16)19-15(20)4-3-11-7-17-9-18-8-11/h5-9H,3-4H2,1-2H3,(H,19,20). The third-order valence-electron chi connectivity index (χ3n) is 3.01. The van der Waals surface area contributed by atoms with Gasteiger partial charge in [-0.3, -0.25) is 4.79 Å². The van der Waals surface area contributed by atoms with Crippen LogP contribution in [0.1, 0.15) is 17.5 Å². The molecule has 0 spiro atoms. The fourth-order valence-corrected chi connectivity index (χ4v) is 2.01. The van der Waals surface area contributed by atoms with E-state index in [4.69, 9.17) is 16.3 Å². The summed E-state index contributed by atoms with van der Waals surface area (Å²) in [7, 11) is 1.54. The molecule has 0 aliphatic rings. The fourth-order valence-electron chi connectivity index (χ4n) is 1.86. The second kappa shape index (κ2) is 7.04. The molecule has 2 rings (SSSR count). The van der Waals surface area contributed by atoms with E-state index in [1.807, 2.05) is 6.92 Å². The van der Waals surface area contributed by atoms with Crippen LogP contribution < -0.4 is 10.1 Å². The third kappa shape index (κ3) is 4.16. The van der Waals surface area contributed by atoms with Crippen LogP contribution in [-0.2, 0) is 11.2 Å². The zero-order valence-corrected chi connectivity index (χ0v) is 12.6. The van der Waals surface area contributed by atoms with E-state index >= 15 is 0 Å². The molecule has 0 aliphatic carbocycles. The normalized spacial score (nSPS) is 10.2. The van der Waals surface area contributed by atoms with Crippen LogP contribution in [0.5, 0.6) is 5.75 Å². The summed E-state index contributed by atoms with van der Waals surface area (Å²) in [5, 5.41) is 3.44. The van der Waals surface area contributed by atoms with Crippen molar-refractivity contribution in [2.24, 2.45) is 0 Å². The highest BCUT2D eigenvalue weighted by Crippen LogP contribution is 2.31. The van der Waals surface area contributed by atoms with Gasteiger partial charge < -0.3 is 10.1 Å².